The number of hydrogen-bond acceptors (Lipinski definition) is 4. The molecule has 0 bridgehead atoms. The van der Waals surface area contributed by atoms with Crippen LogP contribution in [0.4, 0.5) is 0 Å². The molecule has 0 aromatic carbocycles. The minimum absolute atomic E-state index is 0.0219. The van der Waals surface area contributed by atoms with Crippen LogP contribution < -0.4 is 5.32 Å². The van der Waals surface area contributed by atoms with Gasteiger partial charge in [-0.05, 0) is 19.1 Å². The Bertz CT molecular complexity index is 484. The smallest absolute Gasteiger partial charge is 0.239 e. The minimum atomic E-state index is -0.382. The average Bonchev–Trinajstić information content (AvgIpc) is 2.86. The molecule has 0 saturated carbocycles. The number of Topliss-reactive ketones (excluding diaryl/α,β-unsaturated/α-hetero) is 1. The Labute approximate surface area is 118 Å². The molecule has 1 aliphatic rings. The number of ether oxygens (including phenoxy) is 1. The van der Waals surface area contributed by atoms with Crippen molar-refractivity contribution in [3.8, 4) is 0 Å². The van der Waals surface area contributed by atoms with Gasteiger partial charge in [0, 0.05) is 26.3 Å². The maximum absolute atomic E-state index is 12.3. The highest BCUT2D eigenvalue weighted by Crippen LogP contribution is 2.10. The third-order valence-electron chi connectivity index (χ3n) is 3.47. The number of rotatable bonds is 5. The third-order valence-corrected chi connectivity index (χ3v) is 3.47. The highest BCUT2D eigenvalue weighted by atomic mass is 16.5. The zero-order valence-corrected chi connectivity index (χ0v) is 12.0. The molecule has 2 heterocycles. The molecule has 110 valence electrons. The van der Waals surface area contributed by atoms with Crippen LogP contribution in [-0.2, 0) is 16.6 Å². The zero-order chi connectivity index (χ0) is 14.5. The van der Waals surface area contributed by atoms with Crippen molar-refractivity contribution in [3.63, 3.8) is 0 Å². The van der Waals surface area contributed by atoms with Gasteiger partial charge >= 0.3 is 0 Å². The van der Waals surface area contributed by atoms with Crippen LogP contribution in [-0.4, -0.2) is 60.0 Å². The highest BCUT2D eigenvalue weighted by Gasteiger charge is 2.30. The Hall–Kier alpha value is -1.66. The predicted molar refractivity (Wildman–Crippen MR) is 74.6 cm³/mol. The number of likely N-dealkylation sites (N-methyl/N-ethyl adjacent to an activating group) is 1. The number of carbonyl (C=O) groups is 2. The summed E-state index contributed by atoms with van der Waals surface area (Å²) in [6, 6.07) is 3.26. The maximum Gasteiger partial charge on any atom is 0.239 e. The number of aromatic nitrogens is 1. The summed E-state index contributed by atoms with van der Waals surface area (Å²) in [5.74, 6) is -0.0550. The first kappa shape index (κ1) is 14.7. The molecule has 1 aromatic rings. The molecule has 1 aliphatic heterocycles. The van der Waals surface area contributed by atoms with Gasteiger partial charge in [0.25, 0.3) is 0 Å². The van der Waals surface area contributed by atoms with Crippen LogP contribution in [0.15, 0.2) is 18.3 Å². The molecule has 2 rings (SSSR count). The lowest BCUT2D eigenvalue weighted by Crippen LogP contribution is -2.55. The Morgan fingerprint density at radius 2 is 2.30 bits per heavy atom. The minimum Gasteiger partial charge on any atom is -0.378 e. The summed E-state index contributed by atoms with van der Waals surface area (Å²) in [5, 5.41) is 2.79. The highest BCUT2D eigenvalue weighted by molar-refractivity contribution is 5.96. The zero-order valence-electron chi connectivity index (χ0n) is 12.0. The van der Waals surface area contributed by atoms with Crippen molar-refractivity contribution in [1.82, 2.24) is 14.8 Å². The summed E-state index contributed by atoms with van der Waals surface area (Å²) in [6.45, 7) is 4.18. The van der Waals surface area contributed by atoms with Gasteiger partial charge in [0.2, 0.25) is 5.91 Å². The van der Waals surface area contributed by atoms with Gasteiger partial charge in [-0.1, -0.05) is 0 Å². The van der Waals surface area contributed by atoms with E-state index in [0.29, 0.717) is 32.0 Å². The molecule has 6 heteroatoms. The van der Waals surface area contributed by atoms with E-state index in [1.54, 1.807) is 10.6 Å². The number of amides is 1. The monoisotopic (exact) mass is 279 g/mol. The standard InChI is InChI=1S/C14H21N3O3/c1-3-15-14(19)12-10-20-8-7-17(12)9-13(18)11-5-4-6-16(11)2/h4-6,12H,3,7-10H2,1-2H3,(H,15,19). The van der Waals surface area contributed by atoms with Crippen molar-refractivity contribution in [2.24, 2.45) is 7.05 Å². The first-order chi connectivity index (χ1) is 9.63. The van der Waals surface area contributed by atoms with Crippen LogP contribution in [0.25, 0.3) is 0 Å². The van der Waals surface area contributed by atoms with E-state index in [0.717, 1.165) is 0 Å². The molecule has 6 nitrogen and oxygen atoms in total. The van der Waals surface area contributed by atoms with Crippen LogP contribution >= 0.6 is 0 Å². The predicted octanol–water partition coefficient (Wildman–Crippen LogP) is 0.0447. The normalized spacial score (nSPS) is 19.8. The van der Waals surface area contributed by atoms with Gasteiger partial charge in [0.15, 0.2) is 5.78 Å². The fourth-order valence-electron chi connectivity index (χ4n) is 2.38. The number of nitrogens with one attached hydrogen (secondary N) is 1. The topological polar surface area (TPSA) is 63.6 Å². The van der Waals surface area contributed by atoms with Gasteiger partial charge in [0.1, 0.15) is 6.04 Å². The third kappa shape index (κ3) is 3.26. The fourth-order valence-corrected chi connectivity index (χ4v) is 2.38. The molecule has 1 atom stereocenters. The lowest BCUT2D eigenvalue weighted by molar-refractivity contribution is -0.131. The average molecular weight is 279 g/mol. The lowest BCUT2D eigenvalue weighted by Gasteiger charge is -2.33. The fraction of sp³-hybridized carbons (Fsp3) is 0.571. The molecule has 1 fully saturated rings. The SMILES string of the molecule is CCNC(=O)C1COCCN1CC(=O)c1cccn1C. The summed E-state index contributed by atoms with van der Waals surface area (Å²) < 4.78 is 7.15. The summed E-state index contributed by atoms with van der Waals surface area (Å²) in [4.78, 5) is 26.2. The Morgan fingerprint density at radius 1 is 1.50 bits per heavy atom. The van der Waals surface area contributed by atoms with Crippen LogP contribution in [0.3, 0.4) is 0 Å². The number of ketones is 1. The van der Waals surface area contributed by atoms with Gasteiger partial charge in [-0.3, -0.25) is 14.5 Å². The Kier molecular flexibility index (Phi) is 4.92. The maximum atomic E-state index is 12.3. The molecule has 1 amide bonds. The van der Waals surface area contributed by atoms with Crippen molar-refractivity contribution in [2.75, 3.05) is 32.8 Å². The summed E-state index contributed by atoms with van der Waals surface area (Å²) in [7, 11) is 1.84. The van der Waals surface area contributed by atoms with Crippen molar-refractivity contribution >= 4 is 11.7 Å². The largest absolute Gasteiger partial charge is 0.378 e. The molecular weight excluding hydrogens is 258 g/mol. The summed E-state index contributed by atoms with van der Waals surface area (Å²) in [6.07, 6.45) is 1.84. The van der Waals surface area contributed by atoms with Gasteiger partial charge < -0.3 is 14.6 Å². The second-order valence-corrected chi connectivity index (χ2v) is 4.88. The van der Waals surface area contributed by atoms with E-state index in [2.05, 4.69) is 5.32 Å². The van der Waals surface area contributed by atoms with Crippen LogP contribution in [0.1, 0.15) is 17.4 Å². The first-order valence-corrected chi connectivity index (χ1v) is 6.87. The van der Waals surface area contributed by atoms with Crippen molar-refractivity contribution < 1.29 is 14.3 Å². The number of hydrogen-bond donors (Lipinski definition) is 1. The molecular formula is C14H21N3O3. The molecule has 20 heavy (non-hydrogen) atoms. The van der Waals surface area contributed by atoms with Crippen LogP contribution in [0, 0.1) is 0 Å². The quantitative estimate of drug-likeness (QED) is 0.773. The van der Waals surface area contributed by atoms with E-state index in [4.69, 9.17) is 4.74 Å². The van der Waals surface area contributed by atoms with E-state index in [1.807, 2.05) is 31.1 Å². The molecule has 0 spiro atoms. The van der Waals surface area contributed by atoms with Gasteiger partial charge in [-0.25, -0.2) is 0 Å². The van der Waals surface area contributed by atoms with Crippen molar-refractivity contribution in [1.29, 1.82) is 0 Å². The molecule has 0 aliphatic carbocycles. The summed E-state index contributed by atoms with van der Waals surface area (Å²) >= 11 is 0. The van der Waals surface area contributed by atoms with Crippen LogP contribution in [0.2, 0.25) is 0 Å². The van der Waals surface area contributed by atoms with Crippen molar-refractivity contribution in [3.05, 3.63) is 24.0 Å². The van der Waals surface area contributed by atoms with Gasteiger partial charge in [-0.2, -0.15) is 0 Å². The molecule has 1 saturated heterocycles. The van der Waals surface area contributed by atoms with Gasteiger partial charge in [0.05, 0.1) is 25.5 Å². The summed E-state index contributed by atoms with van der Waals surface area (Å²) in [5.41, 5.74) is 0.658. The number of aryl methyl sites for hydroxylation is 1. The van der Waals surface area contributed by atoms with Gasteiger partial charge in [-0.15, -0.1) is 0 Å². The lowest BCUT2D eigenvalue weighted by atomic mass is 10.1. The Balaban J connectivity index is 2.03. The molecule has 1 unspecified atom stereocenters. The molecule has 1 aromatic heterocycles. The van der Waals surface area contributed by atoms with E-state index in [1.165, 1.54) is 0 Å². The van der Waals surface area contributed by atoms with Crippen molar-refractivity contribution in [2.45, 2.75) is 13.0 Å². The van der Waals surface area contributed by atoms with E-state index in [-0.39, 0.29) is 24.3 Å². The first-order valence-electron chi connectivity index (χ1n) is 6.87. The Morgan fingerprint density at radius 3 is 2.95 bits per heavy atom. The van der Waals surface area contributed by atoms with E-state index < -0.39 is 0 Å². The van der Waals surface area contributed by atoms with Crippen LogP contribution in [0.5, 0.6) is 0 Å². The molecule has 1 N–H and O–H groups in total. The number of morpholine rings is 1. The van der Waals surface area contributed by atoms with E-state index in [9.17, 15) is 9.59 Å². The second kappa shape index (κ2) is 6.67. The molecule has 0 radical (unpaired) electrons. The number of carbonyl (C=O) groups excluding carboxylic acids is 2. The van der Waals surface area contributed by atoms with E-state index >= 15 is 0 Å². The second-order valence-electron chi connectivity index (χ2n) is 4.88. The number of nitrogens with zero attached hydrogens (tertiary/aromatic N) is 2.